The Morgan fingerprint density at radius 3 is 2.48 bits per heavy atom. The number of aliphatic hydroxyl groups is 1. The number of nitrogens with zero attached hydrogens (tertiary/aromatic N) is 1. The molecule has 0 unspecified atom stereocenters. The van der Waals surface area contributed by atoms with E-state index in [1.54, 1.807) is 0 Å². The highest BCUT2D eigenvalue weighted by Crippen LogP contribution is 2.37. The molecular formula is C14H19ClF2N2O4. The zero-order chi connectivity index (χ0) is 16.3. The van der Waals surface area contributed by atoms with E-state index in [2.05, 4.69) is 5.32 Å². The van der Waals surface area contributed by atoms with E-state index < -0.39 is 35.9 Å². The van der Waals surface area contributed by atoms with Gasteiger partial charge in [0.1, 0.15) is 24.0 Å². The highest BCUT2D eigenvalue weighted by Gasteiger charge is 2.44. The Labute approximate surface area is 138 Å². The van der Waals surface area contributed by atoms with Gasteiger partial charge in [0.05, 0.1) is 0 Å². The monoisotopic (exact) mass is 352 g/mol. The van der Waals surface area contributed by atoms with Crippen molar-refractivity contribution in [3.8, 4) is 5.75 Å². The van der Waals surface area contributed by atoms with Crippen molar-refractivity contribution < 1.29 is 28.9 Å². The van der Waals surface area contributed by atoms with Crippen molar-refractivity contribution in [3.63, 3.8) is 0 Å². The molecule has 1 fully saturated rings. The lowest BCUT2D eigenvalue weighted by atomic mass is 9.96. The number of benzene rings is 1. The maximum absolute atomic E-state index is 14.2. The summed E-state index contributed by atoms with van der Waals surface area (Å²) in [6.07, 6.45) is 0. The third-order valence-electron chi connectivity index (χ3n) is 3.69. The number of carboxylic acid groups (broad SMARTS) is 1. The van der Waals surface area contributed by atoms with E-state index in [1.165, 1.54) is 11.0 Å². The van der Waals surface area contributed by atoms with Crippen molar-refractivity contribution in [2.75, 3.05) is 32.8 Å². The minimum absolute atomic E-state index is 0. The smallest absolute Gasteiger partial charge is 0.339 e. The summed E-state index contributed by atoms with van der Waals surface area (Å²) in [6, 6.07) is 1.94. The Kier molecular flexibility index (Phi) is 6.69. The van der Waals surface area contributed by atoms with Gasteiger partial charge in [-0.1, -0.05) is 6.07 Å². The quantitative estimate of drug-likeness (QED) is 0.634. The Balaban J connectivity index is 0.00000264. The third-order valence-corrected chi connectivity index (χ3v) is 3.69. The van der Waals surface area contributed by atoms with Crippen LogP contribution in [0.1, 0.15) is 22.0 Å². The van der Waals surface area contributed by atoms with Crippen LogP contribution >= 0.6 is 12.4 Å². The van der Waals surface area contributed by atoms with Gasteiger partial charge in [0.2, 0.25) is 0 Å². The molecule has 1 saturated heterocycles. The first-order valence-electron chi connectivity index (χ1n) is 6.86. The maximum Gasteiger partial charge on any atom is 0.339 e. The molecule has 130 valence electrons. The van der Waals surface area contributed by atoms with Gasteiger partial charge in [-0.05, 0) is 17.7 Å². The molecular weight excluding hydrogens is 334 g/mol. The van der Waals surface area contributed by atoms with Crippen molar-refractivity contribution in [1.29, 1.82) is 0 Å². The molecule has 0 aromatic heterocycles. The fourth-order valence-corrected chi connectivity index (χ4v) is 2.64. The van der Waals surface area contributed by atoms with E-state index in [0.717, 1.165) is 12.1 Å². The van der Waals surface area contributed by atoms with Crippen molar-refractivity contribution in [2.24, 2.45) is 0 Å². The van der Waals surface area contributed by atoms with Crippen LogP contribution in [0.3, 0.4) is 0 Å². The summed E-state index contributed by atoms with van der Waals surface area (Å²) < 4.78 is 28.4. The lowest BCUT2D eigenvalue weighted by Gasteiger charge is -2.38. The van der Waals surface area contributed by atoms with E-state index in [9.17, 15) is 18.7 Å². The van der Waals surface area contributed by atoms with E-state index in [4.69, 9.17) is 10.2 Å². The standard InChI is InChI=1S/C14H18F2N2O4.ClH/c15-14(16,8-19)12(18-5-3-17-4-6-18)9-1-2-11(20)10(7-9)13(21)22;/h1-2,7,12,17,19-20H,3-6,8H2,(H,21,22);1H/t12-;/m1./s1. The fourth-order valence-electron chi connectivity index (χ4n) is 2.64. The number of carboxylic acids is 1. The number of aromatic carboxylic acids is 1. The van der Waals surface area contributed by atoms with E-state index >= 15 is 0 Å². The number of halogens is 3. The van der Waals surface area contributed by atoms with Crippen molar-refractivity contribution in [3.05, 3.63) is 29.3 Å². The lowest BCUT2D eigenvalue weighted by Crippen LogP contribution is -2.51. The van der Waals surface area contributed by atoms with Gasteiger partial charge in [0.15, 0.2) is 0 Å². The van der Waals surface area contributed by atoms with E-state index in [1.807, 2.05) is 0 Å². The Morgan fingerprint density at radius 2 is 1.96 bits per heavy atom. The van der Waals surface area contributed by atoms with Gasteiger partial charge in [-0.15, -0.1) is 12.4 Å². The summed E-state index contributed by atoms with van der Waals surface area (Å²) >= 11 is 0. The molecule has 1 aliphatic heterocycles. The second-order valence-electron chi connectivity index (χ2n) is 5.19. The molecule has 1 aromatic rings. The first-order chi connectivity index (χ1) is 10.4. The summed E-state index contributed by atoms with van der Waals surface area (Å²) in [7, 11) is 0. The van der Waals surface area contributed by atoms with Crippen LogP contribution in [-0.4, -0.2) is 64.9 Å². The number of carbonyl (C=O) groups is 1. The van der Waals surface area contributed by atoms with Crippen molar-refractivity contribution in [1.82, 2.24) is 10.2 Å². The Bertz CT molecular complexity index is 554. The van der Waals surface area contributed by atoms with Gasteiger partial charge >= 0.3 is 5.97 Å². The van der Waals surface area contributed by atoms with Crippen LogP contribution in [0.25, 0.3) is 0 Å². The number of nitrogens with one attached hydrogen (secondary N) is 1. The molecule has 1 heterocycles. The van der Waals surface area contributed by atoms with Crippen LogP contribution in [0, 0.1) is 0 Å². The summed E-state index contributed by atoms with van der Waals surface area (Å²) in [5, 5.41) is 30.6. The van der Waals surface area contributed by atoms with Gasteiger partial charge in [-0.3, -0.25) is 4.90 Å². The molecule has 1 aliphatic rings. The van der Waals surface area contributed by atoms with Gasteiger partial charge in [-0.2, -0.15) is 0 Å². The first-order valence-corrected chi connectivity index (χ1v) is 6.86. The number of hydrogen-bond acceptors (Lipinski definition) is 5. The van der Waals surface area contributed by atoms with Crippen LogP contribution in [0.5, 0.6) is 5.75 Å². The molecule has 0 amide bonds. The predicted octanol–water partition coefficient (Wildman–Crippen LogP) is 1.09. The van der Waals surface area contributed by atoms with Crippen LogP contribution < -0.4 is 5.32 Å². The number of phenols is 1. The minimum Gasteiger partial charge on any atom is -0.507 e. The predicted molar refractivity (Wildman–Crippen MR) is 81.5 cm³/mol. The summed E-state index contributed by atoms with van der Waals surface area (Å²) in [5.74, 6) is -5.31. The zero-order valence-corrected chi connectivity index (χ0v) is 13.0. The molecule has 0 bridgehead atoms. The number of aromatic hydroxyl groups is 1. The molecule has 0 aliphatic carbocycles. The second kappa shape index (κ2) is 7.87. The van der Waals surface area contributed by atoms with Crippen LogP contribution in [-0.2, 0) is 0 Å². The Morgan fingerprint density at radius 1 is 1.35 bits per heavy atom. The number of alkyl halides is 2. The van der Waals surface area contributed by atoms with Crippen molar-refractivity contribution >= 4 is 18.4 Å². The molecule has 4 N–H and O–H groups in total. The number of hydrogen-bond donors (Lipinski definition) is 4. The second-order valence-corrected chi connectivity index (χ2v) is 5.19. The average molecular weight is 353 g/mol. The molecule has 0 spiro atoms. The summed E-state index contributed by atoms with van der Waals surface area (Å²) in [4.78, 5) is 12.6. The average Bonchev–Trinajstić information content (AvgIpc) is 2.50. The maximum atomic E-state index is 14.2. The minimum atomic E-state index is -3.43. The third kappa shape index (κ3) is 4.29. The molecule has 0 radical (unpaired) electrons. The van der Waals surface area contributed by atoms with E-state index in [0.29, 0.717) is 26.2 Å². The fraction of sp³-hybridized carbons (Fsp3) is 0.500. The summed E-state index contributed by atoms with van der Waals surface area (Å²) in [6.45, 7) is 0.418. The highest BCUT2D eigenvalue weighted by molar-refractivity contribution is 5.91. The molecule has 0 saturated carbocycles. The number of aliphatic hydroxyl groups excluding tert-OH is 1. The largest absolute Gasteiger partial charge is 0.507 e. The zero-order valence-electron chi connectivity index (χ0n) is 12.2. The first kappa shape index (κ1) is 19.6. The van der Waals surface area contributed by atoms with Crippen LogP contribution in [0.4, 0.5) is 8.78 Å². The van der Waals surface area contributed by atoms with Gasteiger partial charge in [-0.25, -0.2) is 13.6 Å². The molecule has 1 atom stereocenters. The van der Waals surface area contributed by atoms with Gasteiger partial charge in [0.25, 0.3) is 5.92 Å². The van der Waals surface area contributed by atoms with E-state index in [-0.39, 0.29) is 18.0 Å². The summed E-state index contributed by atoms with van der Waals surface area (Å²) in [5.41, 5.74) is -0.387. The normalized spacial score (nSPS) is 17.3. The van der Waals surface area contributed by atoms with Gasteiger partial charge in [0, 0.05) is 26.2 Å². The number of rotatable bonds is 5. The SMILES string of the molecule is Cl.O=C(O)c1cc([C@@H](N2CCNCC2)C(F)(F)CO)ccc1O. The van der Waals surface area contributed by atoms with Crippen molar-refractivity contribution in [2.45, 2.75) is 12.0 Å². The lowest BCUT2D eigenvalue weighted by molar-refractivity contribution is -0.118. The molecule has 6 nitrogen and oxygen atoms in total. The molecule has 9 heteroatoms. The molecule has 1 aromatic carbocycles. The van der Waals surface area contributed by atoms with Crippen LogP contribution in [0.15, 0.2) is 18.2 Å². The van der Waals surface area contributed by atoms with Gasteiger partial charge < -0.3 is 20.6 Å². The number of piperazine rings is 1. The van der Waals surface area contributed by atoms with Crippen LogP contribution in [0.2, 0.25) is 0 Å². The molecule has 2 rings (SSSR count). The Hall–Kier alpha value is -1.48. The highest BCUT2D eigenvalue weighted by atomic mass is 35.5. The topological polar surface area (TPSA) is 93.0 Å². The molecule has 23 heavy (non-hydrogen) atoms.